The third kappa shape index (κ3) is 5.50. The third-order valence-electron chi connectivity index (χ3n) is 4.70. The van der Waals surface area contributed by atoms with Gasteiger partial charge in [-0.25, -0.2) is 4.79 Å². The van der Waals surface area contributed by atoms with Crippen LogP contribution in [-0.4, -0.2) is 53.5 Å². The smallest absolute Gasteiger partial charge is 0.410 e. The first kappa shape index (κ1) is 18.3. The lowest BCUT2D eigenvalue weighted by molar-refractivity contribution is 0.0147. The molecule has 2 N–H and O–H groups in total. The number of carbonyl (C=O) groups is 1. The van der Waals surface area contributed by atoms with E-state index in [4.69, 9.17) is 4.74 Å². The maximum atomic E-state index is 12.3. The molecule has 0 aromatic carbocycles. The molecule has 132 valence electrons. The molecule has 4 atom stereocenters. The topological polar surface area (TPSA) is 61.8 Å². The van der Waals surface area contributed by atoms with Crippen molar-refractivity contribution < 1.29 is 14.6 Å². The minimum Gasteiger partial charge on any atom is -0.444 e. The van der Waals surface area contributed by atoms with Crippen LogP contribution >= 0.6 is 0 Å². The highest BCUT2D eigenvalue weighted by atomic mass is 16.6. The Morgan fingerprint density at radius 3 is 2.78 bits per heavy atom. The van der Waals surface area contributed by atoms with Crippen LogP contribution in [0.1, 0.15) is 47.0 Å². The number of piperidine rings is 1. The van der Waals surface area contributed by atoms with Crippen molar-refractivity contribution in [3.8, 4) is 0 Å². The van der Waals surface area contributed by atoms with Gasteiger partial charge >= 0.3 is 6.09 Å². The lowest BCUT2D eigenvalue weighted by Crippen LogP contribution is -2.49. The summed E-state index contributed by atoms with van der Waals surface area (Å²) < 4.78 is 5.49. The predicted molar refractivity (Wildman–Crippen MR) is 91.2 cm³/mol. The minimum absolute atomic E-state index is 0.199. The highest BCUT2D eigenvalue weighted by molar-refractivity contribution is 5.68. The van der Waals surface area contributed by atoms with Gasteiger partial charge < -0.3 is 20.1 Å². The number of amides is 1. The second-order valence-corrected chi connectivity index (χ2v) is 7.95. The van der Waals surface area contributed by atoms with Crippen LogP contribution in [0.2, 0.25) is 0 Å². The van der Waals surface area contributed by atoms with Gasteiger partial charge in [0, 0.05) is 37.7 Å². The van der Waals surface area contributed by atoms with Crippen molar-refractivity contribution in [2.45, 2.75) is 64.6 Å². The Kier molecular flexibility index (Phi) is 6.09. The molecule has 5 heteroatoms. The van der Waals surface area contributed by atoms with E-state index in [0.29, 0.717) is 18.0 Å². The van der Waals surface area contributed by atoms with Gasteiger partial charge in [-0.05, 0) is 52.9 Å². The van der Waals surface area contributed by atoms with E-state index >= 15 is 0 Å². The molecule has 1 aliphatic carbocycles. The van der Waals surface area contributed by atoms with Gasteiger partial charge in [-0.1, -0.05) is 12.2 Å². The van der Waals surface area contributed by atoms with E-state index in [-0.39, 0.29) is 18.6 Å². The quantitative estimate of drug-likeness (QED) is 0.780. The van der Waals surface area contributed by atoms with Crippen LogP contribution in [0, 0.1) is 11.8 Å². The number of likely N-dealkylation sites (tertiary alicyclic amines) is 1. The SMILES string of the molecule is C[C@@H](N[C@@H]1C=C[C@H](CO)C1)[C@H]1CCCN(C(=O)OC(C)(C)C)C1. The zero-order valence-corrected chi connectivity index (χ0v) is 14.9. The average molecular weight is 324 g/mol. The normalized spacial score (nSPS) is 29.6. The Balaban J connectivity index is 1.83. The number of rotatable bonds is 4. The molecule has 0 saturated carbocycles. The average Bonchev–Trinajstić information content (AvgIpc) is 2.93. The first-order valence-corrected chi connectivity index (χ1v) is 8.81. The molecule has 0 aromatic heterocycles. The summed E-state index contributed by atoms with van der Waals surface area (Å²) in [6.07, 6.45) is 7.17. The van der Waals surface area contributed by atoms with Gasteiger partial charge in [0.05, 0.1) is 0 Å². The fourth-order valence-corrected chi connectivity index (χ4v) is 3.42. The fraction of sp³-hybridized carbons (Fsp3) is 0.833. The number of hydrogen-bond donors (Lipinski definition) is 2. The van der Waals surface area contributed by atoms with Crippen LogP contribution in [-0.2, 0) is 4.74 Å². The molecule has 1 heterocycles. The van der Waals surface area contributed by atoms with E-state index in [1.54, 1.807) is 0 Å². The largest absolute Gasteiger partial charge is 0.444 e. The molecule has 1 saturated heterocycles. The van der Waals surface area contributed by atoms with E-state index in [2.05, 4.69) is 24.4 Å². The summed E-state index contributed by atoms with van der Waals surface area (Å²) in [4.78, 5) is 14.1. The van der Waals surface area contributed by atoms with Gasteiger partial charge in [0.1, 0.15) is 5.60 Å². The fourth-order valence-electron chi connectivity index (χ4n) is 3.42. The molecule has 0 bridgehead atoms. The van der Waals surface area contributed by atoms with Crippen LogP contribution in [0.15, 0.2) is 12.2 Å². The maximum absolute atomic E-state index is 12.3. The summed E-state index contributed by atoms with van der Waals surface area (Å²) in [5.41, 5.74) is -0.443. The first-order chi connectivity index (χ1) is 10.8. The van der Waals surface area contributed by atoms with E-state index in [1.807, 2.05) is 25.7 Å². The van der Waals surface area contributed by atoms with Crippen LogP contribution in [0.4, 0.5) is 4.79 Å². The summed E-state index contributed by atoms with van der Waals surface area (Å²) >= 11 is 0. The van der Waals surface area contributed by atoms with E-state index in [1.165, 1.54) is 0 Å². The monoisotopic (exact) mass is 324 g/mol. The van der Waals surface area contributed by atoms with Crippen molar-refractivity contribution >= 4 is 6.09 Å². The molecule has 2 aliphatic rings. The standard InChI is InChI=1S/C18H32N2O3/c1-13(19-16-8-7-14(10-16)12-21)15-6-5-9-20(11-15)17(22)23-18(2,3)4/h7-8,13-16,19,21H,5-6,9-12H2,1-4H3/t13-,14+,15+,16-/m1/s1. The Morgan fingerprint density at radius 1 is 1.43 bits per heavy atom. The summed E-state index contributed by atoms with van der Waals surface area (Å²) in [7, 11) is 0. The highest BCUT2D eigenvalue weighted by Gasteiger charge is 2.31. The van der Waals surface area contributed by atoms with E-state index < -0.39 is 5.60 Å². The molecule has 23 heavy (non-hydrogen) atoms. The summed E-state index contributed by atoms with van der Waals surface area (Å²) in [5, 5.41) is 12.9. The molecule has 0 radical (unpaired) electrons. The molecule has 5 nitrogen and oxygen atoms in total. The number of ether oxygens (including phenoxy) is 1. The number of nitrogens with zero attached hydrogens (tertiary/aromatic N) is 1. The van der Waals surface area contributed by atoms with Gasteiger partial charge in [0.25, 0.3) is 0 Å². The molecule has 0 aromatic rings. The summed E-state index contributed by atoms with van der Waals surface area (Å²) in [5.74, 6) is 0.724. The number of carbonyl (C=O) groups excluding carboxylic acids is 1. The Hall–Kier alpha value is -1.07. The second-order valence-electron chi connectivity index (χ2n) is 7.95. The van der Waals surface area contributed by atoms with Crippen molar-refractivity contribution in [2.75, 3.05) is 19.7 Å². The number of aliphatic hydroxyl groups excluding tert-OH is 1. The predicted octanol–water partition coefficient (Wildman–Crippen LogP) is 2.55. The van der Waals surface area contributed by atoms with Gasteiger partial charge in [0.2, 0.25) is 0 Å². The lowest BCUT2D eigenvalue weighted by atomic mass is 9.91. The summed E-state index contributed by atoms with van der Waals surface area (Å²) in [6.45, 7) is 9.67. The van der Waals surface area contributed by atoms with Crippen molar-refractivity contribution in [2.24, 2.45) is 11.8 Å². The van der Waals surface area contributed by atoms with E-state index in [9.17, 15) is 9.90 Å². The molecule has 1 aliphatic heterocycles. The van der Waals surface area contributed by atoms with Crippen molar-refractivity contribution in [1.82, 2.24) is 10.2 Å². The van der Waals surface area contributed by atoms with E-state index in [0.717, 1.165) is 32.4 Å². The van der Waals surface area contributed by atoms with Gasteiger partial charge in [0.15, 0.2) is 0 Å². The van der Waals surface area contributed by atoms with Crippen LogP contribution in [0.5, 0.6) is 0 Å². The second kappa shape index (κ2) is 7.67. The molecule has 0 unspecified atom stereocenters. The van der Waals surface area contributed by atoms with Crippen molar-refractivity contribution in [1.29, 1.82) is 0 Å². The zero-order chi connectivity index (χ0) is 17.0. The Labute approximate surface area is 140 Å². The third-order valence-corrected chi connectivity index (χ3v) is 4.70. The molecular formula is C18H32N2O3. The van der Waals surface area contributed by atoms with Gasteiger partial charge in [-0.3, -0.25) is 0 Å². The Bertz CT molecular complexity index is 430. The molecule has 1 fully saturated rings. The Morgan fingerprint density at radius 2 is 2.17 bits per heavy atom. The molecule has 1 amide bonds. The van der Waals surface area contributed by atoms with Crippen LogP contribution in [0.25, 0.3) is 0 Å². The van der Waals surface area contributed by atoms with Gasteiger partial charge in [-0.2, -0.15) is 0 Å². The zero-order valence-electron chi connectivity index (χ0n) is 14.9. The number of nitrogens with one attached hydrogen (secondary N) is 1. The van der Waals surface area contributed by atoms with Crippen molar-refractivity contribution in [3.05, 3.63) is 12.2 Å². The van der Waals surface area contributed by atoms with Crippen molar-refractivity contribution in [3.63, 3.8) is 0 Å². The molecule has 2 rings (SSSR count). The molecular weight excluding hydrogens is 292 g/mol. The maximum Gasteiger partial charge on any atom is 0.410 e. The lowest BCUT2D eigenvalue weighted by Gasteiger charge is -2.37. The van der Waals surface area contributed by atoms with Gasteiger partial charge in [-0.15, -0.1) is 0 Å². The summed E-state index contributed by atoms with van der Waals surface area (Å²) in [6, 6.07) is 0.673. The number of hydrogen-bond acceptors (Lipinski definition) is 4. The van der Waals surface area contributed by atoms with Crippen LogP contribution in [0.3, 0.4) is 0 Å². The highest BCUT2D eigenvalue weighted by Crippen LogP contribution is 2.24. The first-order valence-electron chi connectivity index (χ1n) is 8.81. The minimum atomic E-state index is -0.443. The van der Waals surface area contributed by atoms with Crippen LogP contribution < -0.4 is 5.32 Å². The molecule has 0 spiro atoms. The number of aliphatic hydroxyl groups is 1.